The maximum atomic E-state index is 12.7. The van der Waals surface area contributed by atoms with E-state index in [1.807, 2.05) is 24.3 Å². The Kier molecular flexibility index (Phi) is 3.64. The number of hydrogen-bond donors (Lipinski definition) is 2. The zero-order valence-corrected chi connectivity index (χ0v) is 14.0. The lowest BCUT2D eigenvalue weighted by Gasteiger charge is -2.23. The van der Waals surface area contributed by atoms with E-state index in [0.717, 1.165) is 23.1 Å². The fraction of sp³-hybridized carbons (Fsp3) is 0.389. The molecule has 1 saturated carbocycles. The number of hydrogen-bond acceptors (Lipinski definition) is 4. The summed E-state index contributed by atoms with van der Waals surface area (Å²) >= 11 is 1.44. The summed E-state index contributed by atoms with van der Waals surface area (Å²) in [5.74, 6) is -2.24. The van der Waals surface area contributed by atoms with Crippen LogP contribution < -0.4 is 5.32 Å². The molecule has 1 aromatic heterocycles. The molecule has 1 heterocycles. The topological polar surface area (TPSA) is 79.3 Å². The maximum absolute atomic E-state index is 12.7. The van der Waals surface area contributed by atoms with E-state index in [-0.39, 0.29) is 17.7 Å². The second-order valence-electron chi connectivity index (χ2n) is 6.50. The lowest BCUT2D eigenvalue weighted by molar-refractivity contribution is -0.146. The van der Waals surface area contributed by atoms with Crippen molar-refractivity contribution in [2.75, 3.05) is 5.32 Å². The largest absolute Gasteiger partial charge is 0.481 e. The lowest BCUT2D eigenvalue weighted by atomic mass is 9.82. The van der Waals surface area contributed by atoms with Gasteiger partial charge in [0.25, 0.3) is 0 Å². The van der Waals surface area contributed by atoms with Gasteiger partial charge in [0.05, 0.1) is 22.1 Å². The van der Waals surface area contributed by atoms with Gasteiger partial charge in [-0.25, -0.2) is 4.98 Å². The van der Waals surface area contributed by atoms with Crippen LogP contribution in [0.5, 0.6) is 0 Å². The Labute approximate surface area is 143 Å². The first-order valence-electron chi connectivity index (χ1n) is 8.18. The maximum Gasteiger partial charge on any atom is 0.307 e. The van der Waals surface area contributed by atoms with Crippen molar-refractivity contribution in [2.24, 2.45) is 23.7 Å². The van der Waals surface area contributed by atoms with Crippen molar-refractivity contribution in [3.05, 3.63) is 35.9 Å². The number of nitrogens with zero attached hydrogens (tertiary/aromatic N) is 1. The van der Waals surface area contributed by atoms with E-state index in [9.17, 15) is 14.7 Å². The van der Waals surface area contributed by atoms with Gasteiger partial charge in [0.15, 0.2) is 5.13 Å². The van der Waals surface area contributed by atoms with Crippen molar-refractivity contribution in [3.63, 3.8) is 0 Å². The van der Waals surface area contributed by atoms with E-state index < -0.39 is 17.8 Å². The molecule has 0 spiro atoms. The predicted molar refractivity (Wildman–Crippen MR) is 93.0 cm³/mol. The summed E-state index contributed by atoms with van der Waals surface area (Å²) in [5.41, 5.74) is 2.09. The number of anilines is 1. The van der Waals surface area contributed by atoms with Crippen LogP contribution in [0, 0.1) is 23.7 Å². The van der Waals surface area contributed by atoms with Gasteiger partial charge in [-0.15, -0.1) is 0 Å². The fourth-order valence-electron chi connectivity index (χ4n) is 3.95. The molecule has 1 aromatic carbocycles. The molecule has 4 unspecified atom stereocenters. The Morgan fingerprint density at radius 3 is 2.75 bits per heavy atom. The van der Waals surface area contributed by atoms with Crippen LogP contribution >= 0.6 is 11.3 Å². The number of carboxylic acids is 1. The van der Waals surface area contributed by atoms with Gasteiger partial charge in [-0.1, -0.05) is 36.5 Å². The minimum Gasteiger partial charge on any atom is -0.481 e. The summed E-state index contributed by atoms with van der Waals surface area (Å²) in [6.07, 6.45) is 5.64. The number of nitrogens with one attached hydrogen (secondary N) is 1. The summed E-state index contributed by atoms with van der Waals surface area (Å²) in [6, 6.07) is 6.08. The summed E-state index contributed by atoms with van der Waals surface area (Å²) in [4.78, 5) is 28.7. The highest BCUT2D eigenvalue weighted by atomic mass is 32.1. The fourth-order valence-corrected chi connectivity index (χ4v) is 4.88. The number of allylic oxidation sites excluding steroid dienone is 2. The van der Waals surface area contributed by atoms with Crippen LogP contribution in [0.2, 0.25) is 0 Å². The van der Waals surface area contributed by atoms with Crippen molar-refractivity contribution < 1.29 is 14.7 Å². The number of thiazole rings is 1. The third-order valence-electron chi connectivity index (χ3n) is 5.14. The van der Waals surface area contributed by atoms with Crippen molar-refractivity contribution in [1.82, 2.24) is 4.98 Å². The van der Waals surface area contributed by atoms with Crippen molar-refractivity contribution in [3.8, 4) is 0 Å². The molecule has 1 amide bonds. The van der Waals surface area contributed by atoms with Gasteiger partial charge >= 0.3 is 5.97 Å². The number of fused-ring (bicyclic) bond motifs is 3. The highest BCUT2D eigenvalue weighted by Gasteiger charge is 2.51. The van der Waals surface area contributed by atoms with Gasteiger partial charge in [-0.05, 0) is 42.4 Å². The first kappa shape index (κ1) is 15.3. The van der Waals surface area contributed by atoms with Crippen molar-refractivity contribution in [1.29, 1.82) is 0 Å². The molecule has 124 valence electrons. The lowest BCUT2D eigenvalue weighted by Crippen LogP contribution is -2.36. The highest BCUT2D eigenvalue weighted by Crippen LogP contribution is 2.48. The SMILES string of the molecule is CCc1ccc2nc(NC(=O)C3C4C=CC(C4)C3C(=O)O)sc2c1. The van der Waals surface area contributed by atoms with Crippen LogP contribution in [0.3, 0.4) is 0 Å². The zero-order chi connectivity index (χ0) is 16.8. The minimum atomic E-state index is -0.885. The number of aromatic nitrogens is 1. The van der Waals surface area contributed by atoms with Crippen LogP contribution in [-0.4, -0.2) is 22.0 Å². The average molecular weight is 342 g/mol. The normalized spacial score (nSPS) is 27.7. The number of aliphatic carboxylic acids is 1. The second kappa shape index (κ2) is 5.70. The molecule has 0 aliphatic heterocycles. The Balaban J connectivity index is 1.57. The Morgan fingerprint density at radius 1 is 1.29 bits per heavy atom. The Bertz CT molecular complexity index is 857. The molecule has 5 nitrogen and oxygen atoms in total. The predicted octanol–water partition coefficient (Wildman–Crippen LogP) is 3.32. The van der Waals surface area contributed by atoms with Gasteiger partial charge in [0, 0.05) is 0 Å². The first-order chi connectivity index (χ1) is 11.6. The standard InChI is InChI=1S/C18H18N2O3S/c1-2-9-3-6-12-13(7-9)24-18(19-12)20-16(21)14-10-4-5-11(8-10)15(14)17(22)23/h3-7,10-11,14-15H,2,8H2,1H3,(H,22,23)(H,19,20,21). The molecule has 2 aromatic rings. The van der Waals surface area contributed by atoms with E-state index in [1.165, 1.54) is 16.9 Å². The van der Waals surface area contributed by atoms with Gasteiger partial charge in [-0.2, -0.15) is 0 Å². The van der Waals surface area contributed by atoms with Gasteiger partial charge in [0.2, 0.25) is 5.91 Å². The molecule has 6 heteroatoms. The number of aryl methyl sites for hydroxylation is 1. The van der Waals surface area contributed by atoms with Crippen molar-refractivity contribution >= 4 is 38.6 Å². The average Bonchev–Trinajstić information content (AvgIpc) is 3.26. The summed E-state index contributed by atoms with van der Waals surface area (Å²) in [7, 11) is 0. The zero-order valence-electron chi connectivity index (χ0n) is 13.2. The number of carboxylic acid groups (broad SMARTS) is 1. The van der Waals surface area contributed by atoms with Crippen LogP contribution in [0.25, 0.3) is 10.2 Å². The Morgan fingerprint density at radius 2 is 2.04 bits per heavy atom. The van der Waals surface area contributed by atoms with Gasteiger partial charge < -0.3 is 10.4 Å². The van der Waals surface area contributed by atoms with E-state index in [4.69, 9.17) is 0 Å². The third kappa shape index (κ3) is 2.41. The summed E-state index contributed by atoms with van der Waals surface area (Å²) in [6.45, 7) is 2.10. The van der Waals surface area contributed by atoms with E-state index in [2.05, 4.69) is 23.3 Å². The van der Waals surface area contributed by atoms with Crippen LogP contribution in [-0.2, 0) is 16.0 Å². The van der Waals surface area contributed by atoms with Crippen LogP contribution in [0.15, 0.2) is 30.4 Å². The number of benzene rings is 1. The molecule has 24 heavy (non-hydrogen) atoms. The smallest absolute Gasteiger partial charge is 0.307 e. The summed E-state index contributed by atoms with van der Waals surface area (Å²) < 4.78 is 1.03. The molecule has 2 N–H and O–H groups in total. The molecule has 4 rings (SSSR count). The molecule has 0 radical (unpaired) electrons. The Hall–Kier alpha value is -2.21. The molecule has 2 bridgehead atoms. The first-order valence-corrected chi connectivity index (χ1v) is 9.00. The number of rotatable bonds is 4. The van der Waals surface area contributed by atoms with Crippen LogP contribution in [0.4, 0.5) is 5.13 Å². The molecule has 2 aliphatic rings. The quantitative estimate of drug-likeness (QED) is 0.836. The number of carbonyl (C=O) groups excluding carboxylic acids is 1. The third-order valence-corrected chi connectivity index (χ3v) is 6.07. The second-order valence-corrected chi connectivity index (χ2v) is 7.53. The molecule has 2 aliphatic carbocycles. The molecule has 1 fully saturated rings. The van der Waals surface area contributed by atoms with E-state index >= 15 is 0 Å². The molecular formula is C18H18N2O3S. The number of amides is 1. The monoisotopic (exact) mass is 342 g/mol. The highest BCUT2D eigenvalue weighted by molar-refractivity contribution is 7.22. The van der Waals surface area contributed by atoms with Gasteiger partial charge in [-0.3, -0.25) is 9.59 Å². The summed E-state index contributed by atoms with van der Waals surface area (Å²) in [5, 5.41) is 12.9. The van der Waals surface area contributed by atoms with Crippen LogP contribution in [0.1, 0.15) is 18.9 Å². The van der Waals surface area contributed by atoms with Gasteiger partial charge in [0.1, 0.15) is 0 Å². The van der Waals surface area contributed by atoms with Crippen molar-refractivity contribution in [2.45, 2.75) is 19.8 Å². The number of carbonyl (C=O) groups is 2. The van der Waals surface area contributed by atoms with E-state index in [0.29, 0.717) is 5.13 Å². The van der Waals surface area contributed by atoms with E-state index in [1.54, 1.807) is 0 Å². The molecular weight excluding hydrogens is 324 g/mol. The molecule has 4 atom stereocenters. The minimum absolute atomic E-state index is 0.0225. The molecule has 0 saturated heterocycles.